The lowest BCUT2D eigenvalue weighted by molar-refractivity contribution is -0.141. The van der Waals surface area contributed by atoms with Crippen LogP contribution < -0.4 is 5.32 Å². The van der Waals surface area contributed by atoms with Crippen LogP contribution in [0.25, 0.3) is 0 Å². The van der Waals surface area contributed by atoms with E-state index in [1.807, 2.05) is 0 Å². The monoisotopic (exact) mass is 243 g/mol. The molecule has 1 aromatic rings. The van der Waals surface area contributed by atoms with Crippen molar-refractivity contribution in [1.29, 1.82) is 0 Å². The van der Waals surface area contributed by atoms with E-state index in [2.05, 4.69) is 5.32 Å². The van der Waals surface area contributed by atoms with Crippen LogP contribution in [0.4, 0.5) is 8.78 Å². The van der Waals surface area contributed by atoms with Crippen LogP contribution in [0, 0.1) is 11.6 Å². The molecule has 0 aliphatic heterocycles. The second-order valence-corrected chi connectivity index (χ2v) is 3.62. The third kappa shape index (κ3) is 5.40. The van der Waals surface area contributed by atoms with Gasteiger partial charge in [-0.3, -0.25) is 4.79 Å². The van der Waals surface area contributed by atoms with E-state index in [4.69, 9.17) is 4.74 Å². The highest BCUT2D eigenvalue weighted by Crippen LogP contribution is 2.08. The molecule has 0 unspecified atom stereocenters. The molecule has 0 aliphatic carbocycles. The minimum atomic E-state index is -0.844. The average molecular weight is 243 g/mol. The summed E-state index contributed by atoms with van der Waals surface area (Å²) in [6.07, 6.45) is 0.684. The molecule has 1 rings (SSSR count). The standard InChI is InChI=1S/C12H15F2NO2/c1-9(16)17-6-2-5-15-8-10-3-4-11(13)12(14)7-10/h3-4,7,15H,2,5-6,8H2,1H3. The Bertz CT molecular complexity index is 383. The third-order valence-corrected chi connectivity index (χ3v) is 2.12. The van der Waals surface area contributed by atoms with Gasteiger partial charge in [-0.1, -0.05) is 6.07 Å². The summed E-state index contributed by atoms with van der Waals surface area (Å²) >= 11 is 0. The fourth-order valence-corrected chi connectivity index (χ4v) is 1.30. The van der Waals surface area contributed by atoms with Gasteiger partial charge in [-0.15, -0.1) is 0 Å². The second-order valence-electron chi connectivity index (χ2n) is 3.62. The molecular weight excluding hydrogens is 228 g/mol. The zero-order valence-corrected chi connectivity index (χ0v) is 9.63. The molecule has 0 saturated heterocycles. The summed E-state index contributed by atoms with van der Waals surface area (Å²) in [7, 11) is 0. The first-order valence-corrected chi connectivity index (χ1v) is 5.37. The molecule has 0 radical (unpaired) electrons. The van der Waals surface area contributed by atoms with E-state index in [1.165, 1.54) is 13.0 Å². The Hall–Kier alpha value is -1.49. The molecule has 0 amide bonds. The highest BCUT2D eigenvalue weighted by Gasteiger charge is 2.01. The normalized spacial score (nSPS) is 10.3. The number of hydrogen-bond donors (Lipinski definition) is 1. The van der Waals surface area contributed by atoms with Gasteiger partial charge in [-0.25, -0.2) is 8.78 Å². The van der Waals surface area contributed by atoms with Crippen LogP contribution in [0.3, 0.4) is 0 Å². The molecule has 0 fully saturated rings. The van der Waals surface area contributed by atoms with E-state index in [1.54, 1.807) is 0 Å². The first kappa shape index (κ1) is 13.6. The molecular formula is C12H15F2NO2. The van der Waals surface area contributed by atoms with Gasteiger partial charge < -0.3 is 10.1 Å². The quantitative estimate of drug-likeness (QED) is 0.613. The minimum absolute atomic E-state index is 0.300. The summed E-state index contributed by atoms with van der Waals surface area (Å²) in [5.74, 6) is -1.99. The van der Waals surface area contributed by atoms with Gasteiger partial charge in [-0.2, -0.15) is 0 Å². The van der Waals surface area contributed by atoms with Gasteiger partial charge in [0.2, 0.25) is 0 Å². The maximum atomic E-state index is 12.8. The van der Waals surface area contributed by atoms with Crippen LogP contribution in [0.2, 0.25) is 0 Å². The van der Waals surface area contributed by atoms with Gasteiger partial charge in [0.15, 0.2) is 11.6 Å². The Balaban J connectivity index is 2.18. The highest BCUT2D eigenvalue weighted by atomic mass is 19.2. The van der Waals surface area contributed by atoms with Gasteiger partial charge in [0, 0.05) is 13.5 Å². The Morgan fingerprint density at radius 2 is 2.12 bits per heavy atom. The molecule has 94 valence electrons. The van der Waals surface area contributed by atoms with Crippen LogP contribution in [0.15, 0.2) is 18.2 Å². The van der Waals surface area contributed by atoms with Crippen molar-refractivity contribution >= 4 is 5.97 Å². The third-order valence-electron chi connectivity index (χ3n) is 2.12. The SMILES string of the molecule is CC(=O)OCCCNCc1ccc(F)c(F)c1. The Kier molecular flexibility index (Phi) is 5.56. The predicted molar refractivity (Wildman–Crippen MR) is 59.3 cm³/mol. The number of esters is 1. The van der Waals surface area contributed by atoms with Gasteiger partial charge >= 0.3 is 5.97 Å². The van der Waals surface area contributed by atoms with E-state index in [0.717, 1.165) is 12.1 Å². The zero-order chi connectivity index (χ0) is 12.7. The molecule has 1 aromatic carbocycles. The van der Waals surface area contributed by atoms with Gasteiger partial charge in [0.1, 0.15) is 0 Å². The summed E-state index contributed by atoms with van der Waals surface area (Å²) in [6.45, 7) is 2.82. The van der Waals surface area contributed by atoms with Gasteiger partial charge in [-0.05, 0) is 30.7 Å². The van der Waals surface area contributed by atoms with E-state index < -0.39 is 11.6 Å². The van der Waals surface area contributed by atoms with Crippen molar-refractivity contribution in [3.8, 4) is 0 Å². The molecule has 0 aliphatic rings. The molecule has 0 heterocycles. The van der Waals surface area contributed by atoms with Gasteiger partial charge in [0.25, 0.3) is 0 Å². The molecule has 3 nitrogen and oxygen atoms in total. The van der Waals surface area contributed by atoms with Crippen molar-refractivity contribution in [1.82, 2.24) is 5.32 Å². The summed E-state index contributed by atoms with van der Waals surface area (Å²) in [4.78, 5) is 10.4. The smallest absolute Gasteiger partial charge is 0.302 e. The van der Waals surface area contributed by atoms with Crippen molar-refractivity contribution in [3.05, 3.63) is 35.4 Å². The summed E-state index contributed by atoms with van der Waals surface area (Å²) in [6, 6.07) is 3.79. The van der Waals surface area contributed by atoms with E-state index in [-0.39, 0.29) is 5.97 Å². The topological polar surface area (TPSA) is 38.3 Å². The first-order valence-electron chi connectivity index (χ1n) is 5.37. The number of nitrogens with one attached hydrogen (secondary N) is 1. The number of rotatable bonds is 6. The van der Waals surface area contributed by atoms with Crippen LogP contribution in [-0.4, -0.2) is 19.1 Å². The number of ether oxygens (including phenoxy) is 1. The molecule has 17 heavy (non-hydrogen) atoms. The number of carbonyl (C=O) groups excluding carboxylic acids is 1. The van der Waals surface area contributed by atoms with Crippen LogP contribution >= 0.6 is 0 Å². The predicted octanol–water partition coefficient (Wildman–Crippen LogP) is 2.01. The lowest BCUT2D eigenvalue weighted by Gasteiger charge is -2.05. The number of halogens is 2. The molecule has 0 atom stereocenters. The molecule has 0 bridgehead atoms. The van der Waals surface area contributed by atoms with Crippen LogP contribution in [0.5, 0.6) is 0 Å². The number of benzene rings is 1. The van der Waals surface area contributed by atoms with E-state index in [9.17, 15) is 13.6 Å². The molecule has 0 spiro atoms. The van der Waals surface area contributed by atoms with Crippen molar-refractivity contribution in [2.24, 2.45) is 0 Å². The summed E-state index contributed by atoms with van der Waals surface area (Å²) in [5, 5.41) is 3.04. The second kappa shape index (κ2) is 6.96. The maximum absolute atomic E-state index is 12.8. The molecule has 5 heteroatoms. The van der Waals surface area contributed by atoms with E-state index >= 15 is 0 Å². The largest absolute Gasteiger partial charge is 0.466 e. The minimum Gasteiger partial charge on any atom is -0.466 e. The lowest BCUT2D eigenvalue weighted by atomic mass is 10.2. The van der Waals surface area contributed by atoms with Crippen LogP contribution in [0.1, 0.15) is 18.9 Å². The summed E-state index contributed by atoms with van der Waals surface area (Å²) in [5.41, 5.74) is 0.677. The van der Waals surface area contributed by atoms with Gasteiger partial charge in [0.05, 0.1) is 6.61 Å². The number of carbonyl (C=O) groups is 1. The first-order chi connectivity index (χ1) is 8.09. The Morgan fingerprint density at radius 3 is 2.76 bits per heavy atom. The Labute approximate surface area is 98.8 Å². The van der Waals surface area contributed by atoms with E-state index in [0.29, 0.717) is 31.7 Å². The lowest BCUT2D eigenvalue weighted by Crippen LogP contribution is -2.17. The van der Waals surface area contributed by atoms with Crippen molar-refractivity contribution in [2.75, 3.05) is 13.2 Å². The van der Waals surface area contributed by atoms with Crippen molar-refractivity contribution < 1.29 is 18.3 Å². The average Bonchev–Trinajstić information content (AvgIpc) is 2.27. The van der Waals surface area contributed by atoms with Crippen LogP contribution in [-0.2, 0) is 16.1 Å². The molecule has 1 N–H and O–H groups in total. The summed E-state index contributed by atoms with van der Waals surface area (Å²) < 4.78 is 30.2. The molecule has 0 aromatic heterocycles. The Morgan fingerprint density at radius 1 is 1.35 bits per heavy atom. The fourth-order valence-electron chi connectivity index (χ4n) is 1.30. The fraction of sp³-hybridized carbons (Fsp3) is 0.417. The highest BCUT2D eigenvalue weighted by molar-refractivity contribution is 5.65. The van der Waals surface area contributed by atoms with Crippen molar-refractivity contribution in [3.63, 3.8) is 0 Å². The maximum Gasteiger partial charge on any atom is 0.302 e. The zero-order valence-electron chi connectivity index (χ0n) is 9.63. The number of hydrogen-bond acceptors (Lipinski definition) is 3. The van der Waals surface area contributed by atoms with Crippen molar-refractivity contribution in [2.45, 2.75) is 19.9 Å². The molecule has 0 saturated carbocycles.